The molecule has 1 aliphatic heterocycles. The molecule has 0 fully saturated rings. The highest BCUT2D eigenvalue weighted by molar-refractivity contribution is 7.12. The van der Waals surface area contributed by atoms with Gasteiger partial charge in [-0.05, 0) is 62.4 Å². The minimum atomic E-state index is 0.283. The number of allylic oxidation sites excluding steroid dienone is 1. The van der Waals surface area contributed by atoms with E-state index in [0.717, 1.165) is 17.8 Å². The van der Waals surface area contributed by atoms with Crippen molar-refractivity contribution in [1.82, 2.24) is 0 Å². The van der Waals surface area contributed by atoms with E-state index in [2.05, 4.69) is 79.5 Å². The number of benzene rings is 1. The van der Waals surface area contributed by atoms with Gasteiger partial charge in [-0.2, -0.15) is 5.10 Å². The molecule has 1 atom stereocenters. The first-order chi connectivity index (χ1) is 12.2. The Balaban J connectivity index is 1.63. The highest BCUT2D eigenvalue weighted by Gasteiger charge is 2.29. The van der Waals surface area contributed by atoms with Gasteiger partial charge in [0, 0.05) is 25.9 Å². The van der Waals surface area contributed by atoms with Crippen molar-refractivity contribution < 1.29 is 0 Å². The molecule has 1 aliphatic rings. The molecule has 126 valence electrons. The summed E-state index contributed by atoms with van der Waals surface area (Å²) in [5.41, 5.74) is 2.28. The van der Waals surface area contributed by atoms with Gasteiger partial charge in [0.25, 0.3) is 0 Å². The maximum atomic E-state index is 4.92. The molecule has 4 rings (SSSR count). The number of aryl methyl sites for hydroxylation is 2. The lowest BCUT2D eigenvalue weighted by atomic mass is 10.1. The Morgan fingerprint density at radius 3 is 2.36 bits per heavy atom. The zero-order chi connectivity index (χ0) is 17.2. The Hall–Kier alpha value is -2.17. The van der Waals surface area contributed by atoms with Crippen LogP contribution in [0.5, 0.6) is 0 Å². The van der Waals surface area contributed by atoms with E-state index >= 15 is 0 Å². The van der Waals surface area contributed by atoms with Crippen molar-refractivity contribution in [2.75, 3.05) is 5.01 Å². The van der Waals surface area contributed by atoms with Gasteiger partial charge >= 0.3 is 0 Å². The normalized spacial score (nSPS) is 17.4. The summed E-state index contributed by atoms with van der Waals surface area (Å²) in [6, 6.07) is 19.5. The summed E-state index contributed by atoms with van der Waals surface area (Å²) in [6.45, 7) is 4.30. The second-order valence-corrected chi connectivity index (χ2v) is 8.86. The van der Waals surface area contributed by atoms with E-state index < -0.39 is 0 Å². The lowest BCUT2D eigenvalue weighted by Crippen LogP contribution is -2.17. The van der Waals surface area contributed by atoms with E-state index in [0.29, 0.717) is 0 Å². The largest absolute Gasteiger partial charge is 0.257 e. The molecule has 3 heterocycles. The van der Waals surface area contributed by atoms with E-state index in [9.17, 15) is 0 Å². The van der Waals surface area contributed by atoms with Gasteiger partial charge in [0.15, 0.2) is 0 Å². The van der Waals surface area contributed by atoms with Gasteiger partial charge in [-0.1, -0.05) is 18.2 Å². The van der Waals surface area contributed by atoms with E-state index in [1.54, 1.807) is 0 Å². The second-order valence-electron chi connectivity index (χ2n) is 6.22. The van der Waals surface area contributed by atoms with E-state index in [1.807, 2.05) is 28.7 Å². The Bertz CT molecular complexity index is 918. The van der Waals surface area contributed by atoms with Gasteiger partial charge < -0.3 is 0 Å². The summed E-state index contributed by atoms with van der Waals surface area (Å²) >= 11 is 3.68. The fraction of sp³-hybridized carbons (Fsp3) is 0.190. The Morgan fingerprint density at radius 2 is 1.68 bits per heavy atom. The Kier molecular flexibility index (Phi) is 4.55. The van der Waals surface area contributed by atoms with Crippen molar-refractivity contribution in [3.63, 3.8) is 0 Å². The summed E-state index contributed by atoms with van der Waals surface area (Å²) in [5.74, 6) is 0. The van der Waals surface area contributed by atoms with Crippen molar-refractivity contribution in [3.05, 3.63) is 80.2 Å². The zero-order valence-corrected chi connectivity index (χ0v) is 16.0. The first kappa shape index (κ1) is 16.3. The highest BCUT2D eigenvalue weighted by atomic mass is 32.1. The summed E-state index contributed by atoms with van der Waals surface area (Å²) in [4.78, 5) is 5.34. The molecular weight excluding hydrogens is 344 g/mol. The molecule has 0 radical (unpaired) electrons. The number of thiophene rings is 2. The smallest absolute Gasteiger partial charge is 0.0923 e. The van der Waals surface area contributed by atoms with E-state index in [4.69, 9.17) is 5.10 Å². The molecule has 4 heteroatoms. The number of rotatable bonds is 4. The molecule has 0 bridgehead atoms. The quantitative estimate of drug-likeness (QED) is 0.519. The third-order valence-corrected chi connectivity index (χ3v) is 6.31. The van der Waals surface area contributed by atoms with Gasteiger partial charge in [-0.25, -0.2) is 0 Å². The fourth-order valence-corrected chi connectivity index (χ4v) is 4.77. The van der Waals surface area contributed by atoms with Crippen LogP contribution in [0.1, 0.15) is 32.0 Å². The number of hydrogen-bond donors (Lipinski definition) is 0. The predicted octanol–water partition coefficient (Wildman–Crippen LogP) is 6.45. The summed E-state index contributed by atoms with van der Waals surface area (Å²) in [5, 5.41) is 7.09. The van der Waals surface area contributed by atoms with Crippen LogP contribution in [0.15, 0.2) is 65.8 Å². The van der Waals surface area contributed by atoms with E-state index in [1.165, 1.54) is 19.5 Å². The second kappa shape index (κ2) is 6.98. The van der Waals surface area contributed by atoms with Crippen molar-refractivity contribution >= 4 is 40.1 Å². The van der Waals surface area contributed by atoms with Gasteiger partial charge in [-0.15, -0.1) is 22.7 Å². The number of para-hydroxylation sites is 1. The van der Waals surface area contributed by atoms with Crippen molar-refractivity contribution in [3.8, 4) is 0 Å². The predicted molar refractivity (Wildman–Crippen MR) is 111 cm³/mol. The zero-order valence-electron chi connectivity index (χ0n) is 14.3. The maximum absolute atomic E-state index is 4.92. The van der Waals surface area contributed by atoms with Crippen molar-refractivity contribution in [2.45, 2.75) is 26.3 Å². The minimum Gasteiger partial charge on any atom is -0.257 e. The van der Waals surface area contributed by atoms with Crippen LogP contribution in [0.3, 0.4) is 0 Å². The number of anilines is 1. The third kappa shape index (κ3) is 3.60. The van der Waals surface area contributed by atoms with Crippen LogP contribution < -0.4 is 5.01 Å². The molecular formula is C21H20N2S2. The summed E-state index contributed by atoms with van der Waals surface area (Å²) in [7, 11) is 0. The van der Waals surface area contributed by atoms with Gasteiger partial charge in [0.2, 0.25) is 0 Å². The van der Waals surface area contributed by atoms with Crippen LogP contribution >= 0.6 is 22.7 Å². The molecule has 1 aromatic carbocycles. The molecule has 0 saturated heterocycles. The molecule has 2 nitrogen and oxygen atoms in total. The van der Waals surface area contributed by atoms with Crippen LogP contribution in [0, 0.1) is 13.8 Å². The Morgan fingerprint density at radius 1 is 0.920 bits per heavy atom. The molecule has 25 heavy (non-hydrogen) atoms. The SMILES string of the molecule is Cc1ccc(/C=C/C2=NN(c3ccccc3)C(c3ccc(C)s3)C2)s1. The molecule has 2 aromatic heterocycles. The number of nitrogens with zero attached hydrogens (tertiary/aromatic N) is 2. The van der Waals surface area contributed by atoms with Crippen LogP contribution in [0.2, 0.25) is 0 Å². The summed E-state index contributed by atoms with van der Waals surface area (Å²) in [6.07, 6.45) is 5.29. The first-order valence-corrected chi connectivity index (χ1v) is 10.0. The molecule has 0 saturated carbocycles. The lowest BCUT2D eigenvalue weighted by Gasteiger charge is -2.22. The van der Waals surface area contributed by atoms with Crippen LogP contribution in [0.25, 0.3) is 6.08 Å². The molecule has 0 spiro atoms. The molecule has 0 N–H and O–H groups in total. The van der Waals surface area contributed by atoms with E-state index in [-0.39, 0.29) is 6.04 Å². The summed E-state index contributed by atoms with van der Waals surface area (Å²) < 4.78 is 0. The number of hydrazone groups is 1. The standard InChI is InChI=1S/C21H20N2S2/c1-15-8-11-19(24-15)12-10-17-14-20(21-13-9-16(2)25-21)23(22-17)18-6-4-3-5-7-18/h3-13,20H,14H2,1-2H3/b12-10+. The lowest BCUT2D eigenvalue weighted by molar-refractivity contribution is 0.722. The van der Waals surface area contributed by atoms with Gasteiger partial charge in [0.1, 0.15) is 0 Å². The van der Waals surface area contributed by atoms with Gasteiger partial charge in [0.05, 0.1) is 17.4 Å². The number of hydrogen-bond acceptors (Lipinski definition) is 4. The van der Waals surface area contributed by atoms with Crippen molar-refractivity contribution in [1.29, 1.82) is 0 Å². The average Bonchev–Trinajstić information content (AvgIpc) is 3.33. The average molecular weight is 365 g/mol. The van der Waals surface area contributed by atoms with Crippen LogP contribution in [-0.2, 0) is 0 Å². The van der Waals surface area contributed by atoms with Crippen LogP contribution in [-0.4, -0.2) is 5.71 Å². The fourth-order valence-electron chi connectivity index (χ4n) is 3.03. The topological polar surface area (TPSA) is 15.6 Å². The molecule has 1 unspecified atom stereocenters. The molecule has 0 amide bonds. The maximum Gasteiger partial charge on any atom is 0.0923 e. The minimum absolute atomic E-state index is 0.283. The van der Waals surface area contributed by atoms with Gasteiger partial charge in [-0.3, -0.25) is 5.01 Å². The highest BCUT2D eigenvalue weighted by Crippen LogP contribution is 2.38. The monoisotopic (exact) mass is 364 g/mol. The Labute approximate surface area is 156 Å². The molecule has 0 aliphatic carbocycles. The third-order valence-electron chi connectivity index (χ3n) is 4.25. The van der Waals surface area contributed by atoms with Crippen LogP contribution in [0.4, 0.5) is 5.69 Å². The molecule has 3 aromatic rings. The first-order valence-electron chi connectivity index (χ1n) is 8.42. The van der Waals surface area contributed by atoms with Crippen molar-refractivity contribution in [2.24, 2.45) is 5.10 Å².